The second-order valence-corrected chi connectivity index (χ2v) is 4.97. The zero-order valence-corrected chi connectivity index (χ0v) is 12.1. The Balaban J connectivity index is 2.05. The maximum atomic E-state index is 11.6. The average molecular weight is 284 g/mol. The number of rotatable bonds is 8. The molecule has 1 aliphatic rings. The first-order valence-electron chi connectivity index (χ1n) is 7.14. The van der Waals surface area contributed by atoms with Crippen molar-refractivity contribution in [1.82, 2.24) is 21.3 Å². The van der Waals surface area contributed by atoms with E-state index >= 15 is 0 Å². The van der Waals surface area contributed by atoms with Crippen molar-refractivity contribution in [3.63, 3.8) is 0 Å². The zero-order chi connectivity index (χ0) is 15.0. The third kappa shape index (κ3) is 7.08. The maximum Gasteiger partial charge on any atom is 0.321 e. The quantitative estimate of drug-likeness (QED) is 0.467. The van der Waals surface area contributed by atoms with Gasteiger partial charge in [0.1, 0.15) is 0 Å². The predicted molar refractivity (Wildman–Crippen MR) is 75.1 cm³/mol. The fourth-order valence-corrected chi connectivity index (χ4v) is 1.61. The summed E-state index contributed by atoms with van der Waals surface area (Å²) < 4.78 is 0. The molecule has 0 saturated heterocycles. The number of urea groups is 1. The number of nitrogens with one attached hydrogen (secondary N) is 4. The molecule has 1 saturated carbocycles. The molecule has 7 heteroatoms. The van der Waals surface area contributed by atoms with Crippen LogP contribution >= 0.6 is 0 Å². The molecule has 1 fully saturated rings. The minimum absolute atomic E-state index is 0.0636. The van der Waals surface area contributed by atoms with Crippen LogP contribution in [-0.4, -0.2) is 43.0 Å². The fraction of sp³-hybridized carbons (Fsp3) is 0.769. The molecule has 0 radical (unpaired) electrons. The van der Waals surface area contributed by atoms with E-state index in [-0.39, 0.29) is 11.8 Å². The first-order chi connectivity index (χ1) is 9.52. The van der Waals surface area contributed by atoms with E-state index in [4.69, 9.17) is 0 Å². The van der Waals surface area contributed by atoms with Crippen LogP contribution in [0.5, 0.6) is 0 Å². The third-order valence-electron chi connectivity index (χ3n) is 2.94. The Morgan fingerprint density at radius 1 is 1.25 bits per heavy atom. The Hall–Kier alpha value is -1.63. The van der Waals surface area contributed by atoms with Gasteiger partial charge >= 0.3 is 6.03 Å². The smallest absolute Gasteiger partial charge is 0.321 e. The largest absolute Gasteiger partial charge is 0.353 e. The summed E-state index contributed by atoms with van der Waals surface area (Å²) in [5, 5.41) is 10.6. The second kappa shape index (κ2) is 8.52. The molecule has 20 heavy (non-hydrogen) atoms. The van der Waals surface area contributed by atoms with Crippen molar-refractivity contribution in [1.29, 1.82) is 0 Å². The summed E-state index contributed by atoms with van der Waals surface area (Å²) in [5.41, 5.74) is 0. The van der Waals surface area contributed by atoms with E-state index in [0.717, 1.165) is 12.8 Å². The molecular weight excluding hydrogens is 260 g/mol. The number of carbonyl (C=O) groups excluding carboxylic acids is 3. The highest BCUT2D eigenvalue weighted by atomic mass is 16.2. The normalized spacial score (nSPS) is 15.3. The Morgan fingerprint density at radius 2 is 1.95 bits per heavy atom. The Bertz CT molecular complexity index is 356. The Morgan fingerprint density at radius 3 is 2.55 bits per heavy atom. The summed E-state index contributed by atoms with van der Waals surface area (Å²) in [6, 6.07) is -0.573. The molecule has 0 aliphatic heterocycles. The number of imide groups is 1. The highest BCUT2D eigenvalue weighted by Crippen LogP contribution is 2.18. The van der Waals surface area contributed by atoms with E-state index in [9.17, 15) is 14.4 Å². The van der Waals surface area contributed by atoms with E-state index in [1.54, 1.807) is 13.8 Å². The van der Waals surface area contributed by atoms with E-state index in [2.05, 4.69) is 21.3 Å². The molecule has 7 nitrogen and oxygen atoms in total. The SMILES string of the molecule is CCNC(=O)NC(=O)C(C)NCCCC(=O)NC1CC1. The Kier molecular flexibility index (Phi) is 7.00. The van der Waals surface area contributed by atoms with Crippen molar-refractivity contribution in [2.75, 3.05) is 13.1 Å². The van der Waals surface area contributed by atoms with Gasteiger partial charge in [0.15, 0.2) is 0 Å². The highest BCUT2D eigenvalue weighted by Gasteiger charge is 2.22. The fourth-order valence-electron chi connectivity index (χ4n) is 1.61. The van der Waals surface area contributed by atoms with Gasteiger partial charge in [0, 0.05) is 19.0 Å². The van der Waals surface area contributed by atoms with E-state index < -0.39 is 12.1 Å². The maximum absolute atomic E-state index is 11.6. The summed E-state index contributed by atoms with van der Waals surface area (Å²) in [4.78, 5) is 34.2. The molecule has 0 bridgehead atoms. The minimum atomic E-state index is -0.491. The van der Waals surface area contributed by atoms with Crippen LogP contribution in [0.3, 0.4) is 0 Å². The van der Waals surface area contributed by atoms with Crippen molar-refractivity contribution in [2.45, 2.75) is 51.6 Å². The lowest BCUT2D eigenvalue weighted by Gasteiger charge is -2.13. The van der Waals surface area contributed by atoms with Gasteiger partial charge in [0.25, 0.3) is 0 Å². The summed E-state index contributed by atoms with van der Waals surface area (Å²) in [6.45, 7) is 4.48. The molecule has 114 valence electrons. The van der Waals surface area contributed by atoms with Crippen LogP contribution in [0.25, 0.3) is 0 Å². The third-order valence-corrected chi connectivity index (χ3v) is 2.94. The summed E-state index contributed by atoms with van der Waals surface area (Å²) in [7, 11) is 0. The van der Waals surface area contributed by atoms with Crippen molar-refractivity contribution in [3.05, 3.63) is 0 Å². The van der Waals surface area contributed by atoms with Crippen LogP contribution in [0.1, 0.15) is 39.5 Å². The molecule has 0 heterocycles. The van der Waals surface area contributed by atoms with Crippen molar-refractivity contribution in [3.8, 4) is 0 Å². The van der Waals surface area contributed by atoms with E-state index in [1.807, 2.05) is 0 Å². The molecule has 1 unspecified atom stereocenters. The van der Waals surface area contributed by atoms with E-state index in [1.165, 1.54) is 0 Å². The number of carbonyl (C=O) groups is 3. The van der Waals surface area contributed by atoms with Crippen LogP contribution in [0.4, 0.5) is 4.79 Å². The molecule has 4 amide bonds. The van der Waals surface area contributed by atoms with Gasteiger partial charge in [0.05, 0.1) is 6.04 Å². The average Bonchev–Trinajstić information content (AvgIpc) is 3.18. The topological polar surface area (TPSA) is 99.3 Å². The Labute approximate surface area is 119 Å². The lowest BCUT2D eigenvalue weighted by Crippen LogP contribution is -2.48. The molecule has 1 rings (SSSR count). The van der Waals surface area contributed by atoms with Crippen molar-refractivity contribution in [2.24, 2.45) is 0 Å². The molecule has 1 aliphatic carbocycles. The number of hydrogen-bond donors (Lipinski definition) is 4. The lowest BCUT2D eigenvalue weighted by atomic mass is 10.2. The van der Waals surface area contributed by atoms with Gasteiger partial charge in [-0.2, -0.15) is 0 Å². The second-order valence-electron chi connectivity index (χ2n) is 4.97. The number of amides is 4. The molecule has 0 aromatic rings. The van der Waals surface area contributed by atoms with Crippen LogP contribution < -0.4 is 21.3 Å². The number of hydrogen-bond acceptors (Lipinski definition) is 4. The monoisotopic (exact) mass is 284 g/mol. The molecule has 0 aromatic heterocycles. The van der Waals surface area contributed by atoms with Gasteiger partial charge in [-0.1, -0.05) is 0 Å². The molecule has 0 aromatic carbocycles. The first kappa shape index (κ1) is 16.4. The van der Waals surface area contributed by atoms with Gasteiger partial charge in [-0.15, -0.1) is 0 Å². The molecular formula is C13H24N4O3. The zero-order valence-electron chi connectivity index (χ0n) is 12.1. The van der Waals surface area contributed by atoms with E-state index in [0.29, 0.717) is 32.0 Å². The standard InChI is InChI=1S/C13H24N4O3/c1-3-14-13(20)17-12(19)9(2)15-8-4-5-11(18)16-10-6-7-10/h9-10,15H,3-8H2,1-2H3,(H,16,18)(H2,14,17,19,20). The first-order valence-corrected chi connectivity index (χ1v) is 7.14. The summed E-state index contributed by atoms with van der Waals surface area (Å²) in [5.74, 6) is -0.313. The van der Waals surface area contributed by atoms with Gasteiger partial charge < -0.3 is 16.0 Å². The summed E-state index contributed by atoms with van der Waals surface area (Å²) >= 11 is 0. The minimum Gasteiger partial charge on any atom is -0.353 e. The molecule has 4 N–H and O–H groups in total. The highest BCUT2D eigenvalue weighted by molar-refractivity contribution is 5.96. The van der Waals surface area contributed by atoms with Crippen molar-refractivity contribution >= 4 is 17.8 Å². The molecule has 0 spiro atoms. The van der Waals surface area contributed by atoms with Crippen LogP contribution in [0.15, 0.2) is 0 Å². The van der Waals surface area contributed by atoms with Gasteiger partial charge in [-0.05, 0) is 39.7 Å². The molecule has 1 atom stereocenters. The van der Waals surface area contributed by atoms with Crippen LogP contribution in [0.2, 0.25) is 0 Å². The van der Waals surface area contributed by atoms with Crippen LogP contribution in [-0.2, 0) is 9.59 Å². The lowest BCUT2D eigenvalue weighted by molar-refractivity contribution is -0.121. The van der Waals surface area contributed by atoms with Gasteiger partial charge in [-0.25, -0.2) is 4.79 Å². The predicted octanol–water partition coefficient (Wildman–Crippen LogP) is -0.131. The van der Waals surface area contributed by atoms with Crippen LogP contribution in [0, 0.1) is 0 Å². The summed E-state index contributed by atoms with van der Waals surface area (Å²) in [6.07, 6.45) is 3.29. The van der Waals surface area contributed by atoms with Gasteiger partial charge in [-0.3, -0.25) is 14.9 Å². The van der Waals surface area contributed by atoms with Gasteiger partial charge in [0.2, 0.25) is 11.8 Å². The van der Waals surface area contributed by atoms with Crippen molar-refractivity contribution < 1.29 is 14.4 Å².